The van der Waals surface area contributed by atoms with Crippen molar-refractivity contribution in [2.75, 3.05) is 13.2 Å². The van der Waals surface area contributed by atoms with Crippen LogP contribution in [0, 0.1) is 0 Å². The highest BCUT2D eigenvalue weighted by Gasteiger charge is 2.34. The van der Waals surface area contributed by atoms with Crippen LogP contribution in [0.25, 0.3) is 11.1 Å². The minimum atomic E-state index is -0.941. The number of hydrogen-bond donors (Lipinski definition) is 1. The van der Waals surface area contributed by atoms with Crippen LogP contribution >= 0.6 is 0 Å². The summed E-state index contributed by atoms with van der Waals surface area (Å²) >= 11 is 0. The van der Waals surface area contributed by atoms with E-state index in [4.69, 9.17) is 4.74 Å². The van der Waals surface area contributed by atoms with Gasteiger partial charge in [0.05, 0.1) is 6.61 Å². The summed E-state index contributed by atoms with van der Waals surface area (Å²) in [5, 5.41) is 9.30. The molecule has 1 saturated heterocycles. The van der Waals surface area contributed by atoms with Gasteiger partial charge in [-0.3, -0.25) is 4.79 Å². The molecule has 2 aromatic rings. The fraction of sp³-hybridized carbons (Fsp3) is 0.300. The Morgan fingerprint density at radius 2 is 2.00 bits per heavy atom. The first-order valence-corrected chi connectivity index (χ1v) is 8.48. The minimum Gasteiger partial charge on any atom is -0.493 e. The van der Waals surface area contributed by atoms with Crippen molar-refractivity contribution in [2.45, 2.75) is 25.8 Å². The van der Waals surface area contributed by atoms with Gasteiger partial charge in [-0.2, -0.15) is 0 Å². The zero-order valence-corrected chi connectivity index (χ0v) is 14.1. The van der Waals surface area contributed by atoms with Crippen LogP contribution in [0.4, 0.5) is 0 Å². The van der Waals surface area contributed by atoms with Crippen molar-refractivity contribution in [3.8, 4) is 16.9 Å². The van der Waals surface area contributed by atoms with E-state index in [-0.39, 0.29) is 5.91 Å². The number of para-hydroxylation sites is 1. The van der Waals surface area contributed by atoms with Gasteiger partial charge in [-0.25, -0.2) is 4.79 Å². The Labute approximate surface area is 146 Å². The smallest absolute Gasteiger partial charge is 0.326 e. The lowest BCUT2D eigenvalue weighted by atomic mass is 10.0. The molecule has 1 atom stereocenters. The van der Waals surface area contributed by atoms with Gasteiger partial charge in [0.25, 0.3) is 5.91 Å². The third-order valence-corrected chi connectivity index (χ3v) is 4.41. The predicted octanol–water partition coefficient (Wildman–Crippen LogP) is 3.44. The second-order valence-corrected chi connectivity index (χ2v) is 6.00. The van der Waals surface area contributed by atoms with Crippen LogP contribution in [0.1, 0.15) is 30.1 Å². The number of benzene rings is 2. The molecule has 1 N–H and O–H groups in total. The van der Waals surface area contributed by atoms with Crippen molar-refractivity contribution in [3.05, 3.63) is 54.1 Å². The summed E-state index contributed by atoms with van der Waals surface area (Å²) in [7, 11) is 0. The van der Waals surface area contributed by atoms with Crippen LogP contribution in [0.15, 0.2) is 48.5 Å². The number of amides is 1. The molecule has 1 heterocycles. The molecule has 25 heavy (non-hydrogen) atoms. The van der Waals surface area contributed by atoms with Gasteiger partial charge in [0.1, 0.15) is 11.8 Å². The van der Waals surface area contributed by atoms with E-state index in [2.05, 4.69) is 0 Å². The Kier molecular flexibility index (Phi) is 5.03. The molecule has 0 spiro atoms. The number of aliphatic carboxylic acids is 1. The van der Waals surface area contributed by atoms with Crippen molar-refractivity contribution < 1.29 is 19.4 Å². The van der Waals surface area contributed by atoms with Gasteiger partial charge >= 0.3 is 5.97 Å². The highest BCUT2D eigenvalue weighted by atomic mass is 16.5. The highest BCUT2D eigenvalue weighted by molar-refractivity contribution is 5.98. The predicted molar refractivity (Wildman–Crippen MR) is 94.7 cm³/mol. The first-order valence-electron chi connectivity index (χ1n) is 8.48. The summed E-state index contributed by atoms with van der Waals surface area (Å²) in [6.07, 6.45) is 1.23. The zero-order valence-electron chi connectivity index (χ0n) is 14.1. The Morgan fingerprint density at radius 3 is 2.76 bits per heavy atom. The second-order valence-electron chi connectivity index (χ2n) is 6.00. The van der Waals surface area contributed by atoms with Crippen LogP contribution in [0.3, 0.4) is 0 Å². The maximum Gasteiger partial charge on any atom is 0.326 e. The number of carboxylic acids is 1. The van der Waals surface area contributed by atoms with Gasteiger partial charge in [0.15, 0.2) is 0 Å². The summed E-state index contributed by atoms with van der Waals surface area (Å²) in [5.41, 5.74) is 2.29. The van der Waals surface area contributed by atoms with Crippen LogP contribution in [-0.2, 0) is 4.79 Å². The van der Waals surface area contributed by atoms with Crippen LogP contribution in [0.5, 0.6) is 5.75 Å². The SMILES string of the molecule is CCOc1ccccc1-c1cccc(C(=O)N2CCC[C@H]2C(=O)O)c1. The molecule has 1 amide bonds. The maximum absolute atomic E-state index is 12.8. The summed E-state index contributed by atoms with van der Waals surface area (Å²) < 4.78 is 5.67. The van der Waals surface area contributed by atoms with Crippen molar-refractivity contribution in [2.24, 2.45) is 0 Å². The molecular weight excluding hydrogens is 318 g/mol. The van der Waals surface area contributed by atoms with E-state index in [0.717, 1.165) is 23.3 Å². The van der Waals surface area contributed by atoms with Gasteiger partial charge in [0.2, 0.25) is 0 Å². The fourth-order valence-corrected chi connectivity index (χ4v) is 3.24. The number of carbonyl (C=O) groups excluding carboxylic acids is 1. The molecule has 1 aliphatic rings. The molecule has 0 radical (unpaired) electrons. The van der Waals surface area contributed by atoms with E-state index in [1.54, 1.807) is 12.1 Å². The molecule has 5 nitrogen and oxygen atoms in total. The summed E-state index contributed by atoms with van der Waals surface area (Å²) in [6.45, 7) is 2.97. The third-order valence-electron chi connectivity index (χ3n) is 4.41. The van der Waals surface area contributed by atoms with E-state index in [0.29, 0.717) is 25.1 Å². The van der Waals surface area contributed by atoms with Crippen LogP contribution in [-0.4, -0.2) is 41.1 Å². The summed E-state index contributed by atoms with van der Waals surface area (Å²) in [5.74, 6) is -0.413. The third kappa shape index (κ3) is 3.50. The lowest BCUT2D eigenvalue weighted by Gasteiger charge is -2.21. The van der Waals surface area contributed by atoms with Gasteiger partial charge in [-0.05, 0) is 43.5 Å². The molecule has 2 aromatic carbocycles. The Balaban J connectivity index is 1.92. The molecule has 1 aliphatic heterocycles. The van der Waals surface area contributed by atoms with Crippen molar-refractivity contribution >= 4 is 11.9 Å². The Bertz CT molecular complexity index is 787. The van der Waals surface area contributed by atoms with E-state index in [1.807, 2.05) is 43.3 Å². The van der Waals surface area contributed by atoms with Gasteiger partial charge < -0.3 is 14.7 Å². The monoisotopic (exact) mass is 339 g/mol. The van der Waals surface area contributed by atoms with Crippen LogP contribution in [0.2, 0.25) is 0 Å². The number of rotatable bonds is 5. The topological polar surface area (TPSA) is 66.8 Å². The van der Waals surface area contributed by atoms with Crippen molar-refractivity contribution in [1.82, 2.24) is 4.90 Å². The molecule has 130 valence electrons. The minimum absolute atomic E-state index is 0.236. The maximum atomic E-state index is 12.8. The van der Waals surface area contributed by atoms with Crippen molar-refractivity contribution in [1.29, 1.82) is 0 Å². The Hall–Kier alpha value is -2.82. The normalized spacial score (nSPS) is 16.7. The van der Waals surface area contributed by atoms with Crippen molar-refractivity contribution in [3.63, 3.8) is 0 Å². The highest BCUT2D eigenvalue weighted by Crippen LogP contribution is 2.31. The largest absolute Gasteiger partial charge is 0.493 e. The first-order chi connectivity index (χ1) is 12.1. The number of carboxylic acid groups (broad SMARTS) is 1. The summed E-state index contributed by atoms with van der Waals surface area (Å²) in [4.78, 5) is 25.6. The summed E-state index contributed by atoms with van der Waals surface area (Å²) in [6, 6.07) is 14.2. The molecule has 3 rings (SSSR count). The molecule has 0 aromatic heterocycles. The fourth-order valence-electron chi connectivity index (χ4n) is 3.24. The standard InChI is InChI=1S/C20H21NO4/c1-2-25-18-11-4-3-9-16(18)14-7-5-8-15(13-14)19(22)21-12-6-10-17(21)20(23)24/h3-5,7-9,11,13,17H,2,6,10,12H2,1H3,(H,23,24)/t17-/m0/s1. The number of ether oxygens (including phenoxy) is 1. The lowest BCUT2D eigenvalue weighted by Crippen LogP contribution is -2.40. The molecule has 0 bridgehead atoms. The number of hydrogen-bond acceptors (Lipinski definition) is 3. The molecule has 5 heteroatoms. The molecular formula is C20H21NO4. The van der Waals surface area contributed by atoms with Gasteiger partial charge in [-0.1, -0.05) is 30.3 Å². The number of carbonyl (C=O) groups is 2. The second kappa shape index (κ2) is 7.38. The van der Waals surface area contributed by atoms with E-state index >= 15 is 0 Å². The molecule has 1 fully saturated rings. The molecule has 0 aliphatic carbocycles. The van der Waals surface area contributed by atoms with Gasteiger partial charge in [-0.15, -0.1) is 0 Å². The first kappa shape index (κ1) is 17.0. The molecule has 0 saturated carbocycles. The average Bonchev–Trinajstić information content (AvgIpc) is 3.12. The van der Waals surface area contributed by atoms with E-state index in [1.165, 1.54) is 4.90 Å². The quantitative estimate of drug-likeness (QED) is 0.906. The Morgan fingerprint density at radius 1 is 1.20 bits per heavy atom. The average molecular weight is 339 g/mol. The van der Waals surface area contributed by atoms with E-state index < -0.39 is 12.0 Å². The van der Waals surface area contributed by atoms with Crippen LogP contribution < -0.4 is 4.74 Å². The van der Waals surface area contributed by atoms with E-state index in [9.17, 15) is 14.7 Å². The zero-order chi connectivity index (χ0) is 17.8. The number of nitrogens with zero attached hydrogens (tertiary/aromatic N) is 1. The lowest BCUT2D eigenvalue weighted by molar-refractivity contribution is -0.141. The van der Waals surface area contributed by atoms with Gasteiger partial charge in [0, 0.05) is 17.7 Å². The number of likely N-dealkylation sites (tertiary alicyclic amines) is 1. The molecule has 0 unspecified atom stereocenters.